The van der Waals surface area contributed by atoms with Gasteiger partial charge in [0.15, 0.2) is 0 Å². The van der Waals surface area contributed by atoms with Crippen LogP contribution in [-0.4, -0.2) is 57.6 Å². The highest BCUT2D eigenvalue weighted by atomic mass is 35.5. The Bertz CT molecular complexity index is 1180. The fourth-order valence-electron chi connectivity index (χ4n) is 3.64. The zero-order valence-corrected chi connectivity index (χ0v) is 23.4. The molecule has 2 rings (SSSR count). The van der Waals surface area contributed by atoms with Crippen LogP contribution in [0.25, 0.3) is 0 Å². The summed E-state index contributed by atoms with van der Waals surface area (Å²) in [4.78, 5) is 27.4. The first-order valence-corrected chi connectivity index (χ1v) is 14.2. The molecule has 0 aliphatic rings. The second-order valence-electron chi connectivity index (χ2n) is 9.22. The summed E-state index contributed by atoms with van der Waals surface area (Å²) in [6.07, 6.45) is 1.28. The van der Waals surface area contributed by atoms with Crippen molar-refractivity contribution in [1.29, 1.82) is 0 Å². The van der Waals surface area contributed by atoms with Crippen LogP contribution in [0, 0.1) is 11.7 Å². The number of anilines is 1. The molecule has 0 aliphatic carbocycles. The number of carbonyl (C=O) groups excluding carboxylic acids is 2. The van der Waals surface area contributed by atoms with Gasteiger partial charge in [-0.25, -0.2) is 12.8 Å². The van der Waals surface area contributed by atoms with Gasteiger partial charge >= 0.3 is 0 Å². The zero-order valence-electron chi connectivity index (χ0n) is 21.8. The molecular formula is C26H35ClFN3O5S. The molecule has 1 atom stereocenters. The van der Waals surface area contributed by atoms with Crippen LogP contribution in [0.1, 0.15) is 39.2 Å². The van der Waals surface area contributed by atoms with Gasteiger partial charge in [0.1, 0.15) is 17.6 Å². The van der Waals surface area contributed by atoms with Gasteiger partial charge in [0.2, 0.25) is 21.8 Å². The van der Waals surface area contributed by atoms with Crippen LogP contribution >= 0.6 is 11.6 Å². The summed E-state index contributed by atoms with van der Waals surface area (Å²) in [5, 5.41) is 3.10. The van der Waals surface area contributed by atoms with Crippen molar-refractivity contribution in [2.75, 3.05) is 30.8 Å². The lowest BCUT2D eigenvalue weighted by Crippen LogP contribution is -2.48. The molecule has 0 bridgehead atoms. The number of nitrogens with zero attached hydrogens (tertiary/aromatic N) is 2. The van der Waals surface area contributed by atoms with Gasteiger partial charge in [0.05, 0.1) is 24.1 Å². The molecule has 8 nitrogen and oxygen atoms in total. The third kappa shape index (κ3) is 9.19. The van der Waals surface area contributed by atoms with Gasteiger partial charge < -0.3 is 15.0 Å². The van der Waals surface area contributed by atoms with Crippen molar-refractivity contribution >= 4 is 39.1 Å². The monoisotopic (exact) mass is 555 g/mol. The van der Waals surface area contributed by atoms with E-state index in [0.717, 1.165) is 6.26 Å². The van der Waals surface area contributed by atoms with Crippen LogP contribution < -0.4 is 14.4 Å². The van der Waals surface area contributed by atoms with Crippen molar-refractivity contribution in [3.8, 4) is 5.75 Å². The molecule has 0 fully saturated rings. The standard InChI is InChI=1S/C26H35ClFN3O5S/c1-18(2)16-29-26(33)19(3)30(17-20-8-10-21(28)11-9-20)25(32)7-6-14-31(37(5,34)35)22-12-13-24(36-4)23(27)15-22/h8-13,15,18-19H,6-7,14,16-17H2,1-5H3,(H,29,33). The number of amides is 2. The smallest absolute Gasteiger partial charge is 0.242 e. The largest absolute Gasteiger partial charge is 0.495 e. The molecule has 2 aromatic carbocycles. The first-order chi connectivity index (χ1) is 17.3. The normalized spacial score (nSPS) is 12.2. The molecule has 0 saturated carbocycles. The highest BCUT2D eigenvalue weighted by Crippen LogP contribution is 2.30. The van der Waals surface area contributed by atoms with E-state index in [-0.39, 0.29) is 48.7 Å². The second kappa shape index (κ2) is 13.6. The lowest BCUT2D eigenvalue weighted by atomic mass is 10.1. The molecule has 0 heterocycles. The number of halogens is 2. The molecule has 1 unspecified atom stereocenters. The number of ether oxygens (including phenoxy) is 1. The highest BCUT2D eigenvalue weighted by molar-refractivity contribution is 7.92. The molecule has 2 amide bonds. The Morgan fingerprint density at radius 1 is 1.11 bits per heavy atom. The van der Waals surface area contributed by atoms with Crippen LogP contribution in [0.5, 0.6) is 5.75 Å². The van der Waals surface area contributed by atoms with Gasteiger partial charge in [-0.3, -0.25) is 13.9 Å². The summed E-state index contributed by atoms with van der Waals surface area (Å²) in [7, 11) is -2.20. The summed E-state index contributed by atoms with van der Waals surface area (Å²) >= 11 is 6.18. The van der Waals surface area contributed by atoms with Gasteiger partial charge in [-0.15, -0.1) is 0 Å². The molecule has 2 aromatic rings. The zero-order chi connectivity index (χ0) is 27.8. The van der Waals surface area contributed by atoms with Crippen molar-refractivity contribution < 1.29 is 27.1 Å². The topological polar surface area (TPSA) is 96.0 Å². The lowest BCUT2D eigenvalue weighted by molar-refractivity contribution is -0.140. The number of nitrogens with one attached hydrogen (secondary N) is 1. The molecule has 0 aliphatic heterocycles. The maximum Gasteiger partial charge on any atom is 0.242 e. The van der Waals surface area contributed by atoms with Crippen LogP contribution in [0.3, 0.4) is 0 Å². The minimum Gasteiger partial charge on any atom is -0.495 e. The van der Waals surface area contributed by atoms with Crippen molar-refractivity contribution in [1.82, 2.24) is 10.2 Å². The third-order valence-corrected chi connectivity index (χ3v) is 7.18. The third-order valence-electron chi connectivity index (χ3n) is 5.69. The summed E-state index contributed by atoms with van der Waals surface area (Å²) in [6, 6.07) is 9.59. The van der Waals surface area contributed by atoms with Crippen molar-refractivity contribution in [2.24, 2.45) is 5.92 Å². The Labute approximate surface area is 223 Å². The number of carbonyl (C=O) groups is 2. The van der Waals surface area contributed by atoms with E-state index in [1.165, 1.54) is 34.5 Å². The Balaban J connectivity index is 2.17. The van der Waals surface area contributed by atoms with Crippen LogP contribution in [0.2, 0.25) is 5.02 Å². The predicted molar refractivity (Wildman–Crippen MR) is 144 cm³/mol. The summed E-state index contributed by atoms with van der Waals surface area (Å²) in [5.74, 6) is -0.363. The number of rotatable bonds is 13. The average molecular weight is 556 g/mol. The Kier molecular flexibility index (Phi) is 11.2. The molecule has 37 heavy (non-hydrogen) atoms. The number of sulfonamides is 1. The van der Waals surface area contributed by atoms with E-state index in [0.29, 0.717) is 23.5 Å². The van der Waals surface area contributed by atoms with Crippen LogP contribution in [-0.2, 0) is 26.2 Å². The number of hydrogen-bond donors (Lipinski definition) is 1. The van der Waals surface area contributed by atoms with Crippen molar-refractivity contribution in [2.45, 2.75) is 46.2 Å². The summed E-state index contributed by atoms with van der Waals surface area (Å²) in [5.41, 5.74) is 1.02. The SMILES string of the molecule is COc1ccc(N(CCCC(=O)N(Cc2ccc(F)cc2)C(C)C(=O)NCC(C)C)S(C)(=O)=O)cc1Cl. The van der Waals surface area contributed by atoms with E-state index in [1.54, 1.807) is 31.2 Å². The molecule has 11 heteroatoms. The van der Waals surface area contributed by atoms with Crippen LogP contribution in [0.15, 0.2) is 42.5 Å². The molecule has 0 radical (unpaired) electrons. The van der Waals surface area contributed by atoms with E-state index in [9.17, 15) is 22.4 Å². The Hall–Kier alpha value is -2.85. The molecule has 0 saturated heterocycles. The van der Waals surface area contributed by atoms with Gasteiger partial charge in [0, 0.05) is 26.1 Å². The van der Waals surface area contributed by atoms with E-state index >= 15 is 0 Å². The first kappa shape index (κ1) is 30.4. The summed E-state index contributed by atoms with van der Waals surface area (Å²) in [6.45, 7) is 6.19. The maximum absolute atomic E-state index is 13.4. The summed E-state index contributed by atoms with van der Waals surface area (Å²) < 4.78 is 44.6. The minimum absolute atomic E-state index is 0.00109. The number of benzene rings is 2. The van der Waals surface area contributed by atoms with Gasteiger partial charge in [-0.2, -0.15) is 0 Å². The quantitative estimate of drug-likeness (QED) is 0.399. The lowest BCUT2D eigenvalue weighted by Gasteiger charge is -2.29. The second-order valence-corrected chi connectivity index (χ2v) is 11.5. The molecule has 204 valence electrons. The van der Waals surface area contributed by atoms with E-state index in [2.05, 4.69) is 5.32 Å². The molecule has 0 spiro atoms. The van der Waals surface area contributed by atoms with Gasteiger partial charge in [-0.1, -0.05) is 37.6 Å². The van der Waals surface area contributed by atoms with E-state index in [4.69, 9.17) is 16.3 Å². The van der Waals surface area contributed by atoms with Gasteiger partial charge in [0.25, 0.3) is 0 Å². The molecule has 1 N–H and O–H groups in total. The Morgan fingerprint density at radius 3 is 2.30 bits per heavy atom. The van der Waals surface area contributed by atoms with Crippen molar-refractivity contribution in [3.63, 3.8) is 0 Å². The highest BCUT2D eigenvalue weighted by Gasteiger charge is 2.27. The fourth-order valence-corrected chi connectivity index (χ4v) is 4.85. The number of methoxy groups -OCH3 is 1. The molecule has 0 aromatic heterocycles. The van der Waals surface area contributed by atoms with Gasteiger partial charge in [-0.05, 0) is 55.2 Å². The van der Waals surface area contributed by atoms with Crippen molar-refractivity contribution in [3.05, 3.63) is 58.9 Å². The predicted octanol–water partition coefficient (Wildman–Crippen LogP) is 4.22. The van der Waals surface area contributed by atoms with E-state index < -0.39 is 21.9 Å². The minimum atomic E-state index is -3.66. The maximum atomic E-state index is 13.4. The van der Waals surface area contributed by atoms with Crippen LogP contribution in [0.4, 0.5) is 10.1 Å². The fraction of sp³-hybridized carbons (Fsp3) is 0.462. The molecular weight excluding hydrogens is 521 g/mol. The van der Waals surface area contributed by atoms with E-state index in [1.807, 2.05) is 13.8 Å². The Morgan fingerprint density at radius 2 is 1.76 bits per heavy atom. The first-order valence-electron chi connectivity index (χ1n) is 12.0. The average Bonchev–Trinajstić information content (AvgIpc) is 2.83. The number of hydrogen-bond acceptors (Lipinski definition) is 5.